The average molecular weight is 526 g/mol. The third-order valence-electron chi connectivity index (χ3n) is 5.83. The summed E-state index contributed by atoms with van der Waals surface area (Å²) in [4.78, 5) is 29.6. The highest BCUT2D eigenvalue weighted by molar-refractivity contribution is 6.30. The number of anilines is 1. The summed E-state index contributed by atoms with van der Waals surface area (Å²) in [5.41, 5.74) is 4.42. The van der Waals surface area contributed by atoms with Crippen LogP contribution >= 0.6 is 11.6 Å². The van der Waals surface area contributed by atoms with E-state index in [1.54, 1.807) is 60.0 Å². The molecule has 2 aromatic heterocycles. The minimum absolute atomic E-state index is 0.0468. The first-order chi connectivity index (χ1) is 18.5. The number of nitrogens with zero attached hydrogens (tertiary/aromatic N) is 2. The largest absolute Gasteiger partial charge is 0.465 e. The smallest absolute Gasteiger partial charge is 0.343 e. The minimum atomic E-state index is -0.468. The van der Waals surface area contributed by atoms with Gasteiger partial charge in [-0.2, -0.15) is 0 Å². The summed E-state index contributed by atoms with van der Waals surface area (Å²) in [6.45, 7) is 1.99. The van der Waals surface area contributed by atoms with Gasteiger partial charge >= 0.3 is 11.9 Å². The van der Waals surface area contributed by atoms with Crippen molar-refractivity contribution < 1.29 is 19.1 Å². The van der Waals surface area contributed by atoms with E-state index in [1.807, 2.05) is 48.5 Å². The lowest BCUT2D eigenvalue weighted by molar-refractivity contribution is -0.140. The Bertz CT molecular complexity index is 1600. The molecule has 1 N–H and O–H groups in total. The maximum Gasteiger partial charge on any atom is 0.343 e. The van der Waals surface area contributed by atoms with E-state index in [4.69, 9.17) is 26.1 Å². The Kier molecular flexibility index (Phi) is 7.38. The van der Waals surface area contributed by atoms with Crippen molar-refractivity contribution in [1.29, 1.82) is 0 Å². The van der Waals surface area contributed by atoms with E-state index >= 15 is 0 Å². The van der Waals surface area contributed by atoms with Crippen molar-refractivity contribution >= 4 is 35.0 Å². The Morgan fingerprint density at radius 3 is 2.39 bits per heavy atom. The van der Waals surface area contributed by atoms with E-state index in [-0.39, 0.29) is 13.2 Å². The topological polar surface area (TPSA) is 81.9 Å². The van der Waals surface area contributed by atoms with Gasteiger partial charge in [-0.1, -0.05) is 66.2 Å². The van der Waals surface area contributed by atoms with Gasteiger partial charge in [-0.15, -0.1) is 0 Å². The summed E-state index contributed by atoms with van der Waals surface area (Å²) in [6, 6.07) is 27.8. The van der Waals surface area contributed by atoms with Crippen molar-refractivity contribution in [3.05, 3.63) is 108 Å². The summed E-state index contributed by atoms with van der Waals surface area (Å²) in [6.07, 6.45) is 1.71. The van der Waals surface area contributed by atoms with E-state index < -0.39 is 11.9 Å². The maximum atomic E-state index is 12.9. The average Bonchev–Trinajstić information content (AvgIpc) is 3.30. The fraction of sp³-hybridized carbons (Fsp3) is 0.100. The highest BCUT2D eigenvalue weighted by atomic mass is 35.5. The molecule has 5 rings (SSSR count). The summed E-state index contributed by atoms with van der Waals surface area (Å²) in [5, 5.41) is 3.63. The number of carbonyl (C=O) groups excluding carboxylic acids is 2. The zero-order valence-electron chi connectivity index (χ0n) is 20.6. The number of halogens is 1. The second-order valence-electron chi connectivity index (χ2n) is 8.40. The molecular weight excluding hydrogens is 502 g/mol. The fourth-order valence-electron chi connectivity index (χ4n) is 4.06. The number of rotatable bonds is 8. The van der Waals surface area contributed by atoms with Crippen molar-refractivity contribution in [1.82, 2.24) is 9.38 Å². The third kappa shape index (κ3) is 5.53. The number of aromatic nitrogens is 2. The lowest BCUT2D eigenvalue weighted by atomic mass is 10.0. The standard InChI is InChI=1S/C30H24ClN3O4/c1-2-37-27(35)18-32-29-28(33-26-16-15-24(31)19-34(26)29)23-9-6-10-25(17-23)38-30(36)22-13-11-21(12-14-22)20-7-4-3-5-8-20/h3-17,19,32H,2,18H2,1H3. The summed E-state index contributed by atoms with van der Waals surface area (Å²) < 4.78 is 12.5. The fourth-order valence-corrected chi connectivity index (χ4v) is 4.22. The van der Waals surface area contributed by atoms with E-state index in [0.29, 0.717) is 39.1 Å². The normalized spacial score (nSPS) is 10.8. The molecule has 0 aliphatic carbocycles. The van der Waals surface area contributed by atoms with E-state index in [9.17, 15) is 9.59 Å². The molecule has 0 saturated carbocycles. The lowest BCUT2D eigenvalue weighted by Crippen LogP contribution is -2.17. The third-order valence-corrected chi connectivity index (χ3v) is 6.06. The first-order valence-electron chi connectivity index (χ1n) is 12.1. The predicted molar refractivity (Wildman–Crippen MR) is 148 cm³/mol. The highest BCUT2D eigenvalue weighted by Gasteiger charge is 2.17. The Morgan fingerprint density at radius 2 is 1.63 bits per heavy atom. The number of hydrogen-bond acceptors (Lipinski definition) is 6. The molecule has 0 unspecified atom stereocenters. The predicted octanol–water partition coefficient (Wildman–Crippen LogP) is 6.52. The van der Waals surface area contributed by atoms with Crippen molar-refractivity contribution in [2.45, 2.75) is 6.92 Å². The minimum Gasteiger partial charge on any atom is -0.465 e. The van der Waals surface area contributed by atoms with Crippen LogP contribution in [0.25, 0.3) is 28.0 Å². The molecule has 5 aromatic rings. The highest BCUT2D eigenvalue weighted by Crippen LogP contribution is 2.32. The first kappa shape index (κ1) is 25.0. The Balaban J connectivity index is 1.40. The van der Waals surface area contributed by atoms with Gasteiger partial charge in [-0.25, -0.2) is 9.78 Å². The van der Waals surface area contributed by atoms with Crippen molar-refractivity contribution in [3.8, 4) is 28.1 Å². The molecule has 0 aliphatic heterocycles. The molecule has 0 atom stereocenters. The Labute approximate surface area is 224 Å². The monoisotopic (exact) mass is 525 g/mol. The molecule has 0 spiro atoms. The SMILES string of the molecule is CCOC(=O)CNc1c(-c2cccc(OC(=O)c3ccc(-c4ccccc4)cc3)c2)nc2ccc(Cl)cn12. The molecule has 0 aliphatic rings. The van der Waals surface area contributed by atoms with E-state index in [2.05, 4.69) is 5.32 Å². The van der Waals surface area contributed by atoms with Crippen molar-refractivity contribution in [3.63, 3.8) is 0 Å². The maximum absolute atomic E-state index is 12.9. The second kappa shape index (κ2) is 11.2. The van der Waals surface area contributed by atoms with Gasteiger partial charge in [0.1, 0.15) is 29.5 Å². The van der Waals surface area contributed by atoms with Crippen molar-refractivity contribution in [2.24, 2.45) is 0 Å². The van der Waals surface area contributed by atoms with E-state index in [0.717, 1.165) is 11.1 Å². The number of benzene rings is 3. The first-order valence-corrected chi connectivity index (χ1v) is 12.4. The summed E-state index contributed by atoms with van der Waals surface area (Å²) >= 11 is 6.22. The summed E-state index contributed by atoms with van der Waals surface area (Å²) in [7, 11) is 0. The summed E-state index contributed by atoms with van der Waals surface area (Å²) in [5.74, 6) is 0.0715. The lowest BCUT2D eigenvalue weighted by Gasteiger charge is -2.10. The van der Waals surface area contributed by atoms with Crippen LogP contribution in [0.2, 0.25) is 5.02 Å². The van der Waals surface area contributed by atoms with Crippen LogP contribution in [0.3, 0.4) is 0 Å². The molecule has 0 amide bonds. The molecule has 0 bridgehead atoms. The molecule has 0 saturated heterocycles. The zero-order chi connectivity index (χ0) is 26.5. The Morgan fingerprint density at radius 1 is 0.895 bits per heavy atom. The number of fused-ring (bicyclic) bond motifs is 1. The van der Waals surface area contributed by atoms with Gasteiger partial charge in [0.05, 0.1) is 17.2 Å². The van der Waals surface area contributed by atoms with Crippen LogP contribution in [0.1, 0.15) is 17.3 Å². The van der Waals surface area contributed by atoms with Crippen LogP contribution < -0.4 is 10.1 Å². The second-order valence-corrected chi connectivity index (χ2v) is 8.84. The van der Waals surface area contributed by atoms with Crippen LogP contribution in [0, 0.1) is 0 Å². The molecule has 7 nitrogen and oxygen atoms in total. The number of ether oxygens (including phenoxy) is 2. The Hall–Kier alpha value is -4.62. The number of imidazole rings is 1. The van der Waals surface area contributed by atoms with Crippen LogP contribution in [0.15, 0.2) is 97.2 Å². The molecule has 8 heteroatoms. The van der Waals surface area contributed by atoms with Crippen LogP contribution in [-0.2, 0) is 9.53 Å². The molecule has 3 aromatic carbocycles. The van der Waals surface area contributed by atoms with Gasteiger partial charge in [0.2, 0.25) is 0 Å². The van der Waals surface area contributed by atoms with Gasteiger partial charge in [0.15, 0.2) is 0 Å². The molecule has 190 valence electrons. The number of hydrogen-bond donors (Lipinski definition) is 1. The van der Waals surface area contributed by atoms with Crippen LogP contribution in [0.4, 0.5) is 5.82 Å². The molecule has 0 radical (unpaired) electrons. The van der Waals surface area contributed by atoms with Gasteiger partial charge in [-0.3, -0.25) is 9.20 Å². The van der Waals surface area contributed by atoms with Crippen LogP contribution in [0.5, 0.6) is 5.75 Å². The van der Waals surface area contributed by atoms with Gasteiger partial charge < -0.3 is 14.8 Å². The van der Waals surface area contributed by atoms with Crippen LogP contribution in [-0.4, -0.2) is 34.5 Å². The number of carbonyl (C=O) groups is 2. The van der Waals surface area contributed by atoms with Gasteiger partial charge in [0, 0.05) is 11.8 Å². The zero-order valence-corrected chi connectivity index (χ0v) is 21.3. The molecular formula is C30H24ClN3O4. The molecule has 38 heavy (non-hydrogen) atoms. The number of esters is 2. The van der Waals surface area contributed by atoms with E-state index in [1.165, 1.54) is 0 Å². The van der Waals surface area contributed by atoms with Gasteiger partial charge in [-0.05, 0) is 54.4 Å². The van der Waals surface area contributed by atoms with Gasteiger partial charge in [0.25, 0.3) is 0 Å². The molecule has 0 fully saturated rings. The number of nitrogens with one attached hydrogen (secondary N) is 1. The number of pyridine rings is 1. The quantitative estimate of drug-likeness (QED) is 0.183. The van der Waals surface area contributed by atoms with Crippen molar-refractivity contribution in [2.75, 3.05) is 18.5 Å². The molecule has 2 heterocycles.